The highest BCUT2D eigenvalue weighted by atomic mass is 19.3. The van der Waals surface area contributed by atoms with Crippen LogP contribution in [0.5, 0.6) is 0 Å². The minimum Gasteiger partial charge on any atom is -0.237 e. The molecule has 0 spiro atoms. The highest BCUT2D eigenvalue weighted by Crippen LogP contribution is 2.56. The monoisotopic (exact) mass is 601 g/mol. The molecule has 2 aliphatic carbocycles. The van der Waals surface area contributed by atoms with E-state index in [9.17, 15) is 29.8 Å². The fourth-order valence-electron chi connectivity index (χ4n) is 5.96. The topological polar surface area (TPSA) is 108 Å². The normalized spacial score (nSPS) is 15.0. The Balaban J connectivity index is 1.99. The zero-order valence-electron chi connectivity index (χ0n) is 23.9. The van der Waals surface area contributed by atoms with Gasteiger partial charge in [-0.2, -0.15) is 10.5 Å². The first-order valence-electron chi connectivity index (χ1n) is 13.2. The number of hydrogen-bond donors (Lipinski definition) is 0. The van der Waals surface area contributed by atoms with Crippen molar-refractivity contribution >= 4 is 33.6 Å². The van der Waals surface area contributed by atoms with Crippen molar-refractivity contribution < 1.29 is 13.2 Å². The predicted octanol–water partition coefficient (Wildman–Crippen LogP) is 8.81. The van der Waals surface area contributed by atoms with Crippen LogP contribution in [0.15, 0.2) is 53.9 Å². The molecule has 10 heteroatoms. The maximum atomic E-state index is 17.0. The maximum absolute atomic E-state index is 17.0. The van der Waals surface area contributed by atoms with Gasteiger partial charge in [0, 0.05) is 22.3 Å². The minimum absolute atomic E-state index is 0.0313. The lowest BCUT2D eigenvalue weighted by atomic mass is 9.90. The number of benzene rings is 3. The summed E-state index contributed by atoms with van der Waals surface area (Å²) >= 11 is 0. The quantitative estimate of drug-likeness (QED) is 0.221. The van der Waals surface area contributed by atoms with Gasteiger partial charge in [0.2, 0.25) is 5.70 Å². The van der Waals surface area contributed by atoms with E-state index in [1.807, 2.05) is 32.1 Å². The van der Waals surface area contributed by atoms with Crippen LogP contribution in [-0.4, -0.2) is 0 Å². The third kappa shape index (κ3) is 4.39. The average Bonchev–Trinajstić information content (AvgIpc) is 3.55. The number of alkyl halides is 2. The molecule has 3 aromatic rings. The number of halogens is 3. The number of allylic oxidation sites excluding steroid dienone is 7. The van der Waals surface area contributed by atoms with Crippen LogP contribution in [0.4, 0.5) is 13.2 Å². The van der Waals surface area contributed by atoms with Crippen molar-refractivity contribution in [2.24, 2.45) is 0 Å². The first-order chi connectivity index (χ1) is 22.1. The summed E-state index contributed by atoms with van der Waals surface area (Å²) in [5.41, 5.74) is -1.72. The zero-order chi connectivity index (χ0) is 33.4. The molecule has 0 fully saturated rings. The van der Waals surface area contributed by atoms with Crippen molar-refractivity contribution in [1.29, 1.82) is 21.0 Å². The second-order valence-electron chi connectivity index (χ2n) is 10.2. The largest absolute Gasteiger partial charge is 0.270 e. The summed E-state index contributed by atoms with van der Waals surface area (Å²) in [6.45, 7) is 27.1. The van der Waals surface area contributed by atoms with E-state index in [2.05, 4.69) is 14.5 Å². The Morgan fingerprint density at radius 1 is 0.739 bits per heavy atom. The van der Waals surface area contributed by atoms with E-state index in [0.717, 1.165) is 23.3 Å². The smallest absolute Gasteiger partial charge is 0.237 e. The van der Waals surface area contributed by atoms with Crippen molar-refractivity contribution in [2.45, 2.75) is 20.3 Å². The van der Waals surface area contributed by atoms with Crippen LogP contribution in [0, 0.1) is 84.7 Å². The molecule has 0 saturated heterocycles. The number of aryl methyl sites for hydroxylation is 2. The Kier molecular flexibility index (Phi) is 7.57. The van der Waals surface area contributed by atoms with Gasteiger partial charge in [0.1, 0.15) is 11.9 Å². The van der Waals surface area contributed by atoms with E-state index in [-0.39, 0.29) is 66.9 Å². The van der Waals surface area contributed by atoms with Crippen molar-refractivity contribution in [1.82, 2.24) is 0 Å². The molecular weight excluding hydrogens is 587 g/mol. The summed E-state index contributed by atoms with van der Waals surface area (Å²) in [7, 11) is 0. The standard InChI is InChI=1S/C36H14F3N7/c1-17-8-18(2)10-21(9-17)29-32(27(16-43)45-4)24-12-23-30(34(37)33(24)35(29)46-5)25(14-41)28(31(23)26(15-42)44-3)19-6-7-20(13-40)22(11-19)36(38)39/h6-12,36H,1-2H3/b31-26+,32-27-. The average molecular weight is 602 g/mol. The highest BCUT2D eigenvalue weighted by molar-refractivity contribution is 6.29. The molecule has 7 nitrogen and oxygen atoms in total. The van der Waals surface area contributed by atoms with E-state index in [0.29, 0.717) is 5.56 Å². The van der Waals surface area contributed by atoms with Gasteiger partial charge in [-0.15, -0.1) is 0 Å². The predicted molar refractivity (Wildman–Crippen MR) is 163 cm³/mol. The van der Waals surface area contributed by atoms with Gasteiger partial charge in [-0.05, 0) is 71.0 Å². The minimum atomic E-state index is -3.09. The van der Waals surface area contributed by atoms with Gasteiger partial charge in [0.15, 0.2) is 0 Å². The van der Waals surface area contributed by atoms with Crippen LogP contribution in [0.3, 0.4) is 0 Å². The summed E-state index contributed by atoms with van der Waals surface area (Å²) in [6, 6.07) is 17.1. The van der Waals surface area contributed by atoms with Crippen molar-refractivity contribution in [3.63, 3.8) is 0 Å². The highest BCUT2D eigenvalue weighted by Gasteiger charge is 2.40. The summed E-state index contributed by atoms with van der Waals surface area (Å²) < 4.78 is 44.9. The molecule has 0 aromatic heterocycles. The summed E-state index contributed by atoms with van der Waals surface area (Å²) in [6.07, 6.45) is -3.09. The fourth-order valence-corrected chi connectivity index (χ4v) is 5.96. The van der Waals surface area contributed by atoms with Gasteiger partial charge in [0.25, 0.3) is 17.8 Å². The number of rotatable bonds is 3. The molecule has 0 amide bonds. The SMILES string of the molecule is [C-]#[N+]C1=C(c2cc(C)cc(C)c2)/C(=C(/C#N)[N+]#[C-])c2cc3c(c(F)c21)C(C#N)=C(c1ccc(C#N)c(C(F)F)c1)/C3=C(\C#N)[N+]#[C-]. The number of fused-ring (bicyclic) bond motifs is 2. The summed E-state index contributed by atoms with van der Waals surface area (Å²) in [4.78, 5) is 10.3. The zero-order valence-corrected chi connectivity index (χ0v) is 23.9. The van der Waals surface area contributed by atoms with Crippen LogP contribution in [0.2, 0.25) is 0 Å². The molecular formula is C36H14F3N7. The number of nitrogens with zero attached hydrogens (tertiary/aromatic N) is 7. The summed E-state index contributed by atoms with van der Waals surface area (Å²) in [5.74, 6) is -1.08. The fraction of sp³-hybridized carbons (Fsp3) is 0.0833. The third-order valence-corrected chi connectivity index (χ3v) is 7.62. The van der Waals surface area contributed by atoms with Gasteiger partial charge in [-0.3, -0.25) is 0 Å². The van der Waals surface area contributed by atoms with E-state index in [1.54, 1.807) is 24.3 Å². The van der Waals surface area contributed by atoms with Gasteiger partial charge in [-0.1, -0.05) is 35.4 Å². The molecule has 0 unspecified atom stereocenters. The first-order valence-corrected chi connectivity index (χ1v) is 13.2. The van der Waals surface area contributed by atoms with Crippen molar-refractivity contribution in [2.75, 3.05) is 0 Å². The molecule has 0 radical (unpaired) electrons. The number of nitriles is 4. The van der Waals surface area contributed by atoms with Crippen molar-refractivity contribution in [3.8, 4) is 24.3 Å². The molecule has 0 saturated carbocycles. The summed E-state index contributed by atoms with van der Waals surface area (Å²) in [5, 5.41) is 39.6. The Hall–Kier alpha value is -7.16. The molecule has 5 rings (SSSR count). The molecule has 214 valence electrons. The molecule has 0 heterocycles. The third-order valence-electron chi connectivity index (χ3n) is 7.62. The van der Waals surface area contributed by atoms with Crippen LogP contribution in [-0.2, 0) is 0 Å². The second kappa shape index (κ2) is 11.5. The van der Waals surface area contributed by atoms with E-state index in [4.69, 9.17) is 19.7 Å². The van der Waals surface area contributed by atoms with Gasteiger partial charge < -0.3 is 0 Å². The molecule has 0 aliphatic heterocycles. The first kappa shape index (κ1) is 30.3. The van der Waals surface area contributed by atoms with Crippen molar-refractivity contribution in [3.05, 3.63) is 150 Å². The Bertz CT molecular complexity index is 2340. The molecule has 0 bridgehead atoms. The lowest BCUT2D eigenvalue weighted by molar-refractivity contribution is 0.151. The second-order valence-corrected chi connectivity index (χ2v) is 10.2. The van der Waals surface area contributed by atoms with Crippen LogP contribution >= 0.6 is 0 Å². The molecule has 46 heavy (non-hydrogen) atoms. The van der Waals surface area contributed by atoms with Crippen LogP contribution < -0.4 is 0 Å². The Morgan fingerprint density at radius 3 is 1.83 bits per heavy atom. The molecule has 3 aromatic carbocycles. The van der Waals surface area contributed by atoms with E-state index >= 15 is 4.39 Å². The van der Waals surface area contributed by atoms with Crippen LogP contribution in [0.25, 0.3) is 48.1 Å². The van der Waals surface area contributed by atoms with Gasteiger partial charge >= 0.3 is 0 Å². The van der Waals surface area contributed by atoms with Gasteiger partial charge in [0.05, 0.1) is 49.1 Å². The molecule has 0 atom stereocenters. The van der Waals surface area contributed by atoms with E-state index in [1.165, 1.54) is 12.1 Å². The Morgan fingerprint density at radius 2 is 1.33 bits per heavy atom. The lowest BCUT2D eigenvalue weighted by Gasteiger charge is -2.14. The van der Waals surface area contributed by atoms with Gasteiger partial charge in [-0.25, -0.2) is 38.2 Å². The molecule has 2 aliphatic rings. The lowest BCUT2D eigenvalue weighted by Crippen LogP contribution is -1.99. The maximum Gasteiger partial charge on any atom is 0.270 e. The van der Waals surface area contributed by atoms with E-state index < -0.39 is 29.2 Å². The van der Waals surface area contributed by atoms with Crippen LogP contribution in [0.1, 0.15) is 62.1 Å². The molecule has 0 N–H and O–H groups in total. The number of hydrogen-bond acceptors (Lipinski definition) is 4. The Labute approximate surface area is 261 Å².